The van der Waals surface area contributed by atoms with Crippen molar-refractivity contribution < 1.29 is 0 Å². The number of hydrogen-bond acceptors (Lipinski definition) is 2. The Morgan fingerprint density at radius 3 is 2.90 bits per heavy atom. The Hall–Kier alpha value is -1.38. The van der Waals surface area contributed by atoms with E-state index in [1.807, 2.05) is 12.3 Å². The number of nitrogens with zero attached hydrogens (tertiary/aromatic N) is 1. The van der Waals surface area contributed by atoms with Gasteiger partial charge in [-0.2, -0.15) is 0 Å². The quantitative estimate of drug-likeness (QED) is 0.920. The summed E-state index contributed by atoms with van der Waals surface area (Å²) in [6.45, 7) is 0.878. The average molecular weight is 299 g/mol. The molecular formula is C18H19ClN2. The molecule has 0 saturated heterocycles. The smallest absolute Gasteiger partial charge is 0.0510 e. The third-order valence-electron chi connectivity index (χ3n) is 4.60. The van der Waals surface area contributed by atoms with E-state index in [2.05, 4.69) is 34.6 Å². The molecule has 0 bridgehead atoms. The Morgan fingerprint density at radius 1 is 1.19 bits per heavy atom. The molecule has 108 valence electrons. The highest BCUT2D eigenvalue weighted by atomic mass is 35.5. The highest BCUT2D eigenvalue weighted by molar-refractivity contribution is 6.31. The van der Waals surface area contributed by atoms with E-state index in [1.54, 1.807) is 0 Å². The minimum atomic E-state index is 0.407. The Morgan fingerprint density at radius 2 is 2.10 bits per heavy atom. The summed E-state index contributed by atoms with van der Waals surface area (Å²) in [7, 11) is 0. The van der Waals surface area contributed by atoms with Gasteiger partial charge in [-0.05, 0) is 54.5 Å². The van der Waals surface area contributed by atoms with Gasteiger partial charge in [-0.1, -0.05) is 29.8 Å². The second-order valence-corrected chi connectivity index (χ2v) is 6.55. The average Bonchev–Trinajstić information content (AvgIpc) is 3.23. The van der Waals surface area contributed by atoms with Gasteiger partial charge in [0, 0.05) is 29.7 Å². The third kappa shape index (κ3) is 2.70. The zero-order chi connectivity index (χ0) is 14.2. The van der Waals surface area contributed by atoms with Crippen molar-refractivity contribution in [1.29, 1.82) is 0 Å². The molecule has 0 amide bonds. The van der Waals surface area contributed by atoms with Crippen molar-refractivity contribution in [1.82, 2.24) is 10.3 Å². The molecule has 1 saturated carbocycles. The molecule has 0 spiro atoms. The summed E-state index contributed by atoms with van der Waals surface area (Å²) in [6.07, 6.45) is 6.77. The van der Waals surface area contributed by atoms with Gasteiger partial charge < -0.3 is 5.32 Å². The van der Waals surface area contributed by atoms with Gasteiger partial charge in [-0.25, -0.2) is 0 Å². The highest BCUT2D eigenvalue weighted by Gasteiger charge is 2.25. The van der Waals surface area contributed by atoms with Crippen molar-refractivity contribution in [2.75, 3.05) is 0 Å². The van der Waals surface area contributed by atoms with Crippen LogP contribution in [0.15, 0.2) is 36.5 Å². The fourth-order valence-electron chi connectivity index (χ4n) is 3.20. The summed E-state index contributed by atoms with van der Waals surface area (Å²) >= 11 is 6.48. The third-order valence-corrected chi connectivity index (χ3v) is 4.95. The van der Waals surface area contributed by atoms with Crippen LogP contribution in [0.2, 0.25) is 5.02 Å². The van der Waals surface area contributed by atoms with Crippen molar-refractivity contribution in [3.63, 3.8) is 0 Å². The van der Waals surface area contributed by atoms with E-state index < -0.39 is 0 Å². The first-order valence-electron chi connectivity index (χ1n) is 7.77. The van der Waals surface area contributed by atoms with Gasteiger partial charge in [0.05, 0.1) is 5.69 Å². The van der Waals surface area contributed by atoms with Gasteiger partial charge in [0.2, 0.25) is 0 Å². The summed E-state index contributed by atoms with van der Waals surface area (Å²) in [5.41, 5.74) is 5.12. The molecule has 1 atom stereocenters. The van der Waals surface area contributed by atoms with Crippen molar-refractivity contribution in [2.45, 2.75) is 44.2 Å². The first-order valence-corrected chi connectivity index (χ1v) is 8.14. The van der Waals surface area contributed by atoms with E-state index in [9.17, 15) is 0 Å². The molecule has 3 heteroatoms. The maximum absolute atomic E-state index is 6.48. The predicted octanol–water partition coefficient (Wildman–Crippen LogP) is 4.07. The lowest BCUT2D eigenvalue weighted by molar-refractivity contribution is 0.687. The topological polar surface area (TPSA) is 24.9 Å². The first kappa shape index (κ1) is 13.3. The standard InChI is InChI=1S/C18H19ClN2/c19-17-10-13(3-4-14(17)11-21-15-6-7-15)16-8-5-12-2-1-9-20-18(12)16/h1-4,9-10,15-16,21H,5-8,11H2. The highest BCUT2D eigenvalue weighted by Crippen LogP contribution is 2.37. The van der Waals surface area contributed by atoms with Crippen LogP contribution in [-0.2, 0) is 13.0 Å². The van der Waals surface area contributed by atoms with E-state index in [-0.39, 0.29) is 0 Å². The van der Waals surface area contributed by atoms with E-state index in [4.69, 9.17) is 11.6 Å². The number of halogens is 1. The van der Waals surface area contributed by atoms with Crippen LogP contribution in [0.1, 0.15) is 47.6 Å². The number of aromatic nitrogens is 1. The number of nitrogens with one attached hydrogen (secondary N) is 1. The molecule has 1 unspecified atom stereocenters. The van der Waals surface area contributed by atoms with Crippen LogP contribution in [-0.4, -0.2) is 11.0 Å². The Balaban J connectivity index is 1.57. The summed E-state index contributed by atoms with van der Waals surface area (Å²) in [6, 6.07) is 11.5. The lowest BCUT2D eigenvalue weighted by Crippen LogP contribution is -2.15. The molecule has 1 heterocycles. The lowest BCUT2D eigenvalue weighted by Gasteiger charge is -2.13. The van der Waals surface area contributed by atoms with Gasteiger partial charge in [0.15, 0.2) is 0 Å². The zero-order valence-electron chi connectivity index (χ0n) is 12.0. The van der Waals surface area contributed by atoms with Crippen molar-refractivity contribution in [3.05, 3.63) is 63.9 Å². The largest absolute Gasteiger partial charge is 0.310 e. The summed E-state index contributed by atoms with van der Waals surface area (Å²) < 4.78 is 0. The van der Waals surface area contributed by atoms with E-state index in [0.717, 1.165) is 24.4 Å². The van der Waals surface area contributed by atoms with E-state index in [0.29, 0.717) is 12.0 Å². The van der Waals surface area contributed by atoms with Gasteiger partial charge >= 0.3 is 0 Å². The SMILES string of the molecule is Clc1cc(C2CCc3cccnc32)ccc1CNC1CC1. The van der Waals surface area contributed by atoms with Crippen LogP contribution >= 0.6 is 11.6 Å². The van der Waals surface area contributed by atoms with Crippen LogP contribution in [0, 0.1) is 0 Å². The second kappa shape index (κ2) is 5.43. The van der Waals surface area contributed by atoms with E-state index >= 15 is 0 Å². The number of benzene rings is 1. The normalized spacial score (nSPS) is 20.5. The molecule has 0 radical (unpaired) electrons. The van der Waals surface area contributed by atoms with Crippen LogP contribution in [0.3, 0.4) is 0 Å². The predicted molar refractivity (Wildman–Crippen MR) is 85.7 cm³/mol. The van der Waals surface area contributed by atoms with Crippen LogP contribution in [0.25, 0.3) is 0 Å². The van der Waals surface area contributed by atoms with Crippen molar-refractivity contribution >= 4 is 11.6 Å². The Bertz CT molecular complexity index is 664. The first-order chi connectivity index (χ1) is 10.3. The molecule has 21 heavy (non-hydrogen) atoms. The minimum Gasteiger partial charge on any atom is -0.310 e. The zero-order valence-corrected chi connectivity index (χ0v) is 12.7. The fraction of sp³-hybridized carbons (Fsp3) is 0.389. The molecule has 4 rings (SSSR count). The lowest BCUT2D eigenvalue weighted by atomic mass is 9.95. The van der Waals surface area contributed by atoms with Crippen LogP contribution < -0.4 is 5.32 Å². The van der Waals surface area contributed by atoms with Gasteiger partial charge in [0.25, 0.3) is 0 Å². The van der Waals surface area contributed by atoms with Gasteiger partial charge in [-0.15, -0.1) is 0 Å². The molecule has 1 aromatic carbocycles. The summed E-state index contributed by atoms with van der Waals surface area (Å²) in [5, 5.41) is 4.40. The van der Waals surface area contributed by atoms with Crippen LogP contribution in [0.4, 0.5) is 0 Å². The monoisotopic (exact) mass is 298 g/mol. The Labute approximate surface area is 130 Å². The van der Waals surface area contributed by atoms with Crippen molar-refractivity contribution in [2.24, 2.45) is 0 Å². The number of pyridine rings is 1. The number of rotatable bonds is 4. The van der Waals surface area contributed by atoms with Gasteiger partial charge in [0.1, 0.15) is 0 Å². The van der Waals surface area contributed by atoms with Crippen molar-refractivity contribution in [3.8, 4) is 0 Å². The number of aryl methyl sites for hydroxylation is 1. The molecule has 2 aliphatic carbocycles. The molecule has 1 aromatic heterocycles. The second-order valence-electron chi connectivity index (χ2n) is 6.15. The summed E-state index contributed by atoms with van der Waals surface area (Å²) in [5.74, 6) is 0.407. The van der Waals surface area contributed by atoms with Crippen LogP contribution in [0.5, 0.6) is 0 Å². The maximum Gasteiger partial charge on any atom is 0.0510 e. The molecule has 2 aromatic rings. The molecule has 1 N–H and O–H groups in total. The molecule has 2 nitrogen and oxygen atoms in total. The molecule has 1 fully saturated rings. The number of fused-ring (bicyclic) bond motifs is 1. The molecular weight excluding hydrogens is 280 g/mol. The van der Waals surface area contributed by atoms with Gasteiger partial charge in [-0.3, -0.25) is 4.98 Å². The summed E-state index contributed by atoms with van der Waals surface area (Å²) in [4.78, 5) is 4.58. The maximum atomic E-state index is 6.48. The Kier molecular flexibility index (Phi) is 3.44. The number of hydrogen-bond donors (Lipinski definition) is 1. The fourth-order valence-corrected chi connectivity index (χ4v) is 3.46. The minimum absolute atomic E-state index is 0.407. The van der Waals surface area contributed by atoms with E-state index in [1.165, 1.54) is 35.2 Å². The molecule has 0 aliphatic heterocycles. The molecule has 2 aliphatic rings.